The van der Waals surface area contributed by atoms with Gasteiger partial charge in [0, 0.05) is 41.8 Å². The number of aromatic nitrogens is 6. The molecule has 164 valence electrons. The van der Waals surface area contributed by atoms with E-state index in [0.29, 0.717) is 23.9 Å². The summed E-state index contributed by atoms with van der Waals surface area (Å²) in [6.07, 6.45) is 9.18. The average molecular weight is 433 g/mol. The van der Waals surface area contributed by atoms with Gasteiger partial charge < -0.3 is 9.64 Å². The second kappa shape index (κ2) is 7.37. The Kier molecular flexibility index (Phi) is 4.46. The van der Waals surface area contributed by atoms with Gasteiger partial charge in [-0.05, 0) is 38.7 Å². The van der Waals surface area contributed by atoms with Crippen LogP contribution in [0.15, 0.2) is 36.9 Å². The maximum atomic E-state index is 14.4. The highest BCUT2D eigenvalue weighted by molar-refractivity contribution is 5.59. The van der Waals surface area contributed by atoms with E-state index < -0.39 is 0 Å². The average Bonchev–Trinajstić information content (AvgIpc) is 3.41. The van der Waals surface area contributed by atoms with Crippen LogP contribution in [0.4, 0.5) is 10.2 Å². The molecule has 1 aliphatic heterocycles. The first-order chi connectivity index (χ1) is 15.6. The zero-order valence-electron chi connectivity index (χ0n) is 18.0. The van der Waals surface area contributed by atoms with E-state index in [9.17, 15) is 4.39 Å². The van der Waals surface area contributed by atoms with Crippen molar-refractivity contribution in [1.29, 1.82) is 0 Å². The third-order valence-corrected chi connectivity index (χ3v) is 6.31. The predicted molar refractivity (Wildman–Crippen MR) is 117 cm³/mol. The molecule has 0 radical (unpaired) electrons. The van der Waals surface area contributed by atoms with Crippen molar-refractivity contribution in [2.75, 3.05) is 18.0 Å². The van der Waals surface area contributed by atoms with Gasteiger partial charge in [-0.2, -0.15) is 5.10 Å². The van der Waals surface area contributed by atoms with Crippen LogP contribution in [0.3, 0.4) is 0 Å². The molecule has 2 atom stereocenters. The van der Waals surface area contributed by atoms with Gasteiger partial charge >= 0.3 is 0 Å². The largest absolute Gasteiger partial charge is 0.367 e. The van der Waals surface area contributed by atoms with E-state index >= 15 is 0 Å². The van der Waals surface area contributed by atoms with Crippen molar-refractivity contribution < 1.29 is 9.13 Å². The van der Waals surface area contributed by atoms with Crippen LogP contribution in [0.1, 0.15) is 48.6 Å². The lowest BCUT2D eigenvalue weighted by Gasteiger charge is -2.37. The number of rotatable bonds is 4. The molecule has 0 spiro atoms. The summed E-state index contributed by atoms with van der Waals surface area (Å²) in [5, 5.41) is 7.13. The Morgan fingerprint density at radius 2 is 2.03 bits per heavy atom. The Bertz CT molecular complexity index is 1290. The predicted octanol–water partition coefficient (Wildman–Crippen LogP) is 3.81. The summed E-state index contributed by atoms with van der Waals surface area (Å²) < 4.78 is 22.5. The fourth-order valence-corrected chi connectivity index (χ4v) is 4.52. The van der Waals surface area contributed by atoms with Gasteiger partial charge in [-0.25, -0.2) is 19.3 Å². The number of nitrogens with one attached hydrogen (secondary N) is 1. The smallest absolute Gasteiger partial charge is 0.180 e. The second-order valence-electron chi connectivity index (χ2n) is 8.75. The number of morpholine rings is 1. The van der Waals surface area contributed by atoms with Crippen LogP contribution in [-0.4, -0.2) is 48.7 Å². The van der Waals surface area contributed by atoms with Crippen molar-refractivity contribution in [1.82, 2.24) is 29.5 Å². The molecule has 0 amide bonds. The van der Waals surface area contributed by atoms with Crippen LogP contribution >= 0.6 is 0 Å². The van der Waals surface area contributed by atoms with Crippen molar-refractivity contribution in [2.24, 2.45) is 0 Å². The van der Waals surface area contributed by atoms with E-state index in [1.165, 1.54) is 6.07 Å². The monoisotopic (exact) mass is 433 g/mol. The summed E-state index contributed by atoms with van der Waals surface area (Å²) >= 11 is 0. The fourth-order valence-electron chi connectivity index (χ4n) is 4.52. The Labute approximate surface area is 184 Å². The van der Waals surface area contributed by atoms with Gasteiger partial charge in [0.15, 0.2) is 5.82 Å². The number of H-pyrrole nitrogens is 1. The van der Waals surface area contributed by atoms with Gasteiger partial charge in [-0.1, -0.05) is 0 Å². The summed E-state index contributed by atoms with van der Waals surface area (Å²) in [4.78, 5) is 16.0. The minimum absolute atomic E-state index is 0.0429. The summed E-state index contributed by atoms with van der Waals surface area (Å²) in [5.74, 6) is 1.52. The molecule has 0 unspecified atom stereocenters. The van der Waals surface area contributed by atoms with Gasteiger partial charge in [0.2, 0.25) is 0 Å². The molecule has 9 heteroatoms. The molecule has 1 saturated heterocycles. The number of aryl methyl sites for hydroxylation is 1. The molecule has 2 aliphatic rings. The van der Waals surface area contributed by atoms with Gasteiger partial charge in [0.05, 0.1) is 25.0 Å². The van der Waals surface area contributed by atoms with Crippen LogP contribution in [0.5, 0.6) is 0 Å². The number of fused-ring (bicyclic) bond motifs is 1. The standard InChI is InChI=1S/C23H24FN7O/c1-13-10-30(12-20(32-13)16-8-27-29-14(16)2)21-5-6-25-23(28-21)19-9-26-22-7-18(24)17(11-31(19)22)15-3-4-15/h5-9,11,13,15,20H,3-4,10,12H2,1-2H3,(H,27,29)/t13-,20-/m0/s1. The first-order valence-electron chi connectivity index (χ1n) is 11.0. The molecule has 4 aromatic heterocycles. The SMILES string of the molecule is Cc1[nH]ncc1[C@@H]1CN(c2ccnc(-c3cnc4cc(F)c(C5CC5)cn34)n2)C[C@H](C)O1. The third kappa shape index (κ3) is 3.33. The van der Waals surface area contributed by atoms with Crippen LogP contribution in [0.2, 0.25) is 0 Å². The molecule has 1 saturated carbocycles. The molecule has 5 heterocycles. The van der Waals surface area contributed by atoms with E-state index in [4.69, 9.17) is 9.72 Å². The highest BCUT2D eigenvalue weighted by Crippen LogP contribution is 2.41. The number of halogens is 1. The first-order valence-corrected chi connectivity index (χ1v) is 11.0. The second-order valence-corrected chi connectivity index (χ2v) is 8.75. The molecule has 2 fully saturated rings. The van der Waals surface area contributed by atoms with E-state index in [-0.39, 0.29) is 18.0 Å². The van der Waals surface area contributed by atoms with Crippen molar-refractivity contribution in [2.45, 2.75) is 44.8 Å². The molecule has 4 aromatic rings. The van der Waals surface area contributed by atoms with E-state index in [2.05, 4.69) is 32.0 Å². The summed E-state index contributed by atoms with van der Waals surface area (Å²) in [7, 11) is 0. The quantitative estimate of drug-likeness (QED) is 0.527. The lowest BCUT2D eigenvalue weighted by molar-refractivity contribution is -0.0178. The molecule has 0 bridgehead atoms. The normalized spacial score (nSPS) is 21.4. The Hall–Kier alpha value is -3.33. The number of anilines is 1. The molecule has 0 aromatic carbocycles. The number of aromatic amines is 1. The fraction of sp³-hybridized carbons (Fsp3) is 0.391. The molecule has 1 aliphatic carbocycles. The number of hydrogen-bond acceptors (Lipinski definition) is 6. The van der Waals surface area contributed by atoms with Gasteiger partial charge in [-0.3, -0.25) is 9.50 Å². The molecular weight excluding hydrogens is 409 g/mol. The lowest BCUT2D eigenvalue weighted by atomic mass is 10.1. The Morgan fingerprint density at radius 3 is 2.81 bits per heavy atom. The lowest BCUT2D eigenvalue weighted by Crippen LogP contribution is -2.43. The van der Waals surface area contributed by atoms with Gasteiger partial charge in [-0.15, -0.1) is 0 Å². The molecule has 1 N–H and O–H groups in total. The zero-order chi connectivity index (χ0) is 21.8. The van der Waals surface area contributed by atoms with Crippen molar-refractivity contribution in [3.05, 3.63) is 59.6 Å². The number of pyridine rings is 1. The van der Waals surface area contributed by atoms with E-state index in [0.717, 1.165) is 47.7 Å². The molecule has 32 heavy (non-hydrogen) atoms. The first kappa shape index (κ1) is 19.4. The maximum absolute atomic E-state index is 14.4. The van der Waals surface area contributed by atoms with Crippen LogP contribution in [-0.2, 0) is 4.74 Å². The van der Waals surface area contributed by atoms with Gasteiger partial charge in [0.25, 0.3) is 0 Å². The van der Waals surface area contributed by atoms with Crippen LogP contribution in [0.25, 0.3) is 17.2 Å². The van der Waals surface area contributed by atoms with Gasteiger partial charge in [0.1, 0.15) is 29.1 Å². The number of imidazole rings is 1. The third-order valence-electron chi connectivity index (χ3n) is 6.31. The number of hydrogen-bond donors (Lipinski definition) is 1. The van der Waals surface area contributed by atoms with E-state index in [1.807, 2.05) is 29.8 Å². The molecule has 6 rings (SSSR count). The van der Waals surface area contributed by atoms with Crippen LogP contribution in [0, 0.1) is 12.7 Å². The minimum atomic E-state index is -0.185. The van der Waals surface area contributed by atoms with Crippen LogP contribution < -0.4 is 4.90 Å². The number of ether oxygens (including phenoxy) is 1. The zero-order valence-corrected chi connectivity index (χ0v) is 18.0. The molecule has 8 nitrogen and oxygen atoms in total. The topological polar surface area (TPSA) is 84.2 Å². The van der Waals surface area contributed by atoms with Crippen molar-refractivity contribution >= 4 is 11.5 Å². The Morgan fingerprint density at radius 1 is 1.16 bits per heavy atom. The summed E-state index contributed by atoms with van der Waals surface area (Å²) in [6, 6.07) is 3.42. The van der Waals surface area contributed by atoms with E-state index in [1.54, 1.807) is 12.4 Å². The van der Waals surface area contributed by atoms with Crippen molar-refractivity contribution in [3.63, 3.8) is 0 Å². The maximum Gasteiger partial charge on any atom is 0.180 e. The van der Waals surface area contributed by atoms with Crippen molar-refractivity contribution in [3.8, 4) is 11.5 Å². The number of nitrogens with zero attached hydrogens (tertiary/aromatic N) is 6. The Balaban J connectivity index is 1.35. The summed E-state index contributed by atoms with van der Waals surface area (Å²) in [6.45, 7) is 5.47. The minimum Gasteiger partial charge on any atom is -0.367 e. The summed E-state index contributed by atoms with van der Waals surface area (Å²) in [5.41, 5.74) is 4.14. The highest BCUT2D eigenvalue weighted by Gasteiger charge is 2.30. The highest BCUT2D eigenvalue weighted by atomic mass is 19.1. The molecular formula is C23H24FN7O.